The van der Waals surface area contributed by atoms with E-state index in [-0.39, 0.29) is 0 Å². The lowest BCUT2D eigenvalue weighted by molar-refractivity contribution is -0.136. The molecule has 0 bridgehead atoms. The molecule has 13 heavy (non-hydrogen) atoms. The number of hydrogen-bond acceptors (Lipinski definition) is 4. The van der Waals surface area contributed by atoms with E-state index >= 15 is 0 Å². The number of rotatable bonds is 3. The van der Waals surface area contributed by atoms with Crippen molar-refractivity contribution in [1.82, 2.24) is 9.97 Å². The maximum Gasteiger partial charge on any atom is 0.316 e. The Hall–Kier alpha value is -0.370. The molecule has 1 rings (SSSR count). The van der Waals surface area contributed by atoms with Crippen molar-refractivity contribution >= 4 is 40.3 Å². The van der Waals surface area contributed by atoms with Crippen molar-refractivity contribution in [2.45, 2.75) is 17.2 Å². The van der Waals surface area contributed by atoms with Crippen LogP contribution in [-0.2, 0) is 4.79 Å². The zero-order chi connectivity index (χ0) is 9.84. The van der Waals surface area contributed by atoms with Crippen LogP contribution in [0.1, 0.15) is 6.92 Å². The van der Waals surface area contributed by atoms with Crippen molar-refractivity contribution < 1.29 is 9.90 Å². The van der Waals surface area contributed by atoms with Crippen LogP contribution in [0.15, 0.2) is 17.6 Å². The highest BCUT2D eigenvalue weighted by molar-refractivity contribution is 14.1. The SMILES string of the molecule is CC(Sc1ncncc1I)C(=O)O. The summed E-state index contributed by atoms with van der Waals surface area (Å²) in [5.41, 5.74) is 0. The zero-order valence-corrected chi connectivity index (χ0v) is 9.74. The van der Waals surface area contributed by atoms with E-state index in [4.69, 9.17) is 5.11 Å². The van der Waals surface area contributed by atoms with Gasteiger partial charge in [0.25, 0.3) is 0 Å². The van der Waals surface area contributed by atoms with Crippen molar-refractivity contribution in [1.29, 1.82) is 0 Å². The number of hydrogen-bond donors (Lipinski definition) is 1. The smallest absolute Gasteiger partial charge is 0.316 e. The summed E-state index contributed by atoms with van der Waals surface area (Å²) in [6, 6.07) is 0. The molecule has 0 radical (unpaired) electrons. The first-order valence-corrected chi connectivity index (χ1v) is 5.42. The molecule has 0 saturated carbocycles. The minimum atomic E-state index is -0.834. The van der Waals surface area contributed by atoms with Crippen LogP contribution >= 0.6 is 34.4 Å². The van der Waals surface area contributed by atoms with E-state index in [1.54, 1.807) is 13.1 Å². The van der Waals surface area contributed by atoms with E-state index in [9.17, 15) is 4.79 Å². The van der Waals surface area contributed by atoms with Gasteiger partial charge in [0.1, 0.15) is 16.6 Å². The average molecular weight is 310 g/mol. The van der Waals surface area contributed by atoms with Gasteiger partial charge in [0.2, 0.25) is 0 Å². The van der Waals surface area contributed by atoms with E-state index in [2.05, 4.69) is 32.6 Å². The number of carbonyl (C=O) groups is 1. The highest BCUT2D eigenvalue weighted by atomic mass is 127. The standard InChI is InChI=1S/C7H7IN2O2S/c1-4(7(11)12)13-6-5(8)2-9-3-10-6/h2-4H,1H3,(H,11,12). The van der Waals surface area contributed by atoms with Crippen molar-refractivity contribution in [3.05, 3.63) is 16.1 Å². The van der Waals surface area contributed by atoms with Gasteiger partial charge >= 0.3 is 5.97 Å². The molecule has 1 aromatic rings. The largest absolute Gasteiger partial charge is 0.480 e. The normalized spacial score (nSPS) is 12.5. The third-order valence-electron chi connectivity index (χ3n) is 1.27. The second-order valence-corrected chi connectivity index (χ2v) is 4.77. The summed E-state index contributed by atoms with van der Waals surface area (Å²) in [5, 5.41) is 8.90. The first-order valence-electron chi connectivity index (χ1n) is 3.46. The molecule has 0 aromatic carbocycles. The summed E-state index contributed by atoms with van der Waals surface area (Å²) in [5.74, 6) is -0.834. The lowest BCUT2D eigenvalue weighted by atomic mass is 10.5. The van der Waals surface area contributed by atoms with Gasteiger partial charge in [0.05, 0.1) is 3.57 Å². The predicted molar refractivity (Wildman–Crippen MR) is 57.7 cm³/mol. The predicted octanol–water partition coefficient (Wildman–Crippen LogP) is 1.65. The summed E-state index contributed by atoms with van der Waals surface area (Å²) in [6.45, 7) is 1.63. The molecule has 1 N–H and O–H groups in total. The third-order valence-corrected chi connectivity index (χ3v) is 3.53. The van der Waals surface area contributed by atoms with E-state index in [1.165, 1.54) is 18.1 Å². The van der Waals surface area contributed by atoms with E-state index in [0.29, 0.717) is 5.03 Å². The fourth-order valence-corrected chi connectivity index (χ4v) is 2.00. The van der Waals surface area contributed by atoms with Gasteiger partial charge < -0.3 is 5.11 Å². The highest BCUT2D eigenvalue weighted by Crippen LogP contribution is 2.24. The lowest BCUT2D eigenvalue weighted by Crippen LogP contribution is -2.11. The molecule has 1 unspecified atom stereocenters. The number of carboxylic acid groups (broad SMARTS) is 1. The minimum Gasteiger partial charge on any atom is -0.480 e. The highest BCUT2D eigenvalue weighted by Gasteiger charge is 2.14. The molecule has 0 aliphatic carbocycles. The quantitative estimate of drug-likeness (QED) is 0.522. The number of thioether (sulfide) groups is 1. The van der Waals surface area contributed by atoms with Crippen LogP contribution in [-0.4, -0.2) is 26.3 Å². The molecule has 4 nitrogen and oxygen atoms in total. The summed E-state index contributed by atoms with van der Waals surface area (Å²) >= 11 is 3.30. The molecule has 1 atom stereocenters. The molecular formula is C7H7IN2O2S. The molecular weight excluding hydrogens is 303 g/mol. The topological polar surface area (TPSA) is 63.1 Å². The van der Waals surface area contributed by atoms with Gasteiger partial charge in [-0.15, -0.1) is 0 Å². The number of nitrogens with zero attached hydrogens (tertiary/aromatic N) is 2. The molecule has 0 aliphatic heterocycles. The van der Waals surface area contributed by atoms with Gasteiger partial charge in [-0.1, -0.05) is 11.8 Å². The molecule has 0 saturated heterocycles. The zero-order valence-electron chi connectivity index (χ0n) is 6.77. The number of aromatic nitrogens is 2. The molecule has 70 valence electrons. The van der Waals surface area contributed by atoms with E-state index in [1.807, 2.05) is 0 Å². The molecule has 0 fully saturated rings. The molecule has 0 aliphatic rings. The van der Waals surface area contributed by atoms with Crippen LogP contribution in [0.5, 0.6) is 0 Å². The summed E-state index contributed by atoms with van der Waals surface area (Å²) in [7, 11) is 0. The average Bonchev–Trinajstić information content (AvgIpc) is 2.08. The molecule has 0 amide bonds. The van der Waals surface area contributed by atoms with Crippen molar-refractivity contribution in [2.24, 2.45) is 0 Å². The van der Waals surface area contributed by atoms with Gasteiger partial charge in [0, 0.05) is 6.20 Å². The van der Waals surface area contributed by atoms with Crippen LogP contribution in [0, 0.1) is 3.57 Å². The fraction of sp³-hybridized carbons (Fsp3) is 0.286. The first kappa shape index (κ1) is 10.7. The lowest BCUT2D eigenvalue weighted by Gasteiger charge is -2.05. The number of aliphatic carboxylic acids is 1. The van der Waals surface area contributed by atoms with E-state index in [0.717, 1.165) is 3.57 Å². The molecule has 0 spiro atoms. The summed E-state index contributed by atoms with van der Waals surface area (Å²) in [4.78, 5) is 18.3. The number of halogens is 1. The van der Waals surface area contributed by atoms with Crippen LogP contribution in [0.4, 0.5) is 0 Å². The van der Waals surface area contributed by atoms with Crippen LogP contribution in [0.2, 0.25) is 0 Å². The Bertz CT molecular complexity index is 321. The van der Waals surface area contributed by atoms with Crippen molar-refractivity contribution in [2.75, 3.05) is 0 Å². The van der Waals surface area contributed by atoms with Crippen LogP contribution < -0.4 is 0 Å². The van der Waals surface area contributed by atoms with Gasteiger partial charge in [-0.05, 0) is 29.5 Å². The first-order chi connectivity index (χ1) is 6.11. The third kappa shape index (κ3) is 3.11. The Balaban J connectivity index is 2.74. The molecule has 1 aromatic heterocycles. The van der Waals surface area contributed by atoms with Crippen LogP contribution in [0.3, 0.4) is 0 Å². The number of carboxylic acids is 1. The Morgan fingerprint density at radius 2 is 2.46 bits per heavy atom. The Labute approximate surface area is 93.3 Å². The Morgan fingerprint density at radius 1 is 1.77 bits per heavy atom. The molecule has 6 heteroatoms. The van der Waals surface area contributed by atoms with Crippen molar-refractivity contribution in [3.8, 4) is 0 Å². The summed E-state index contributed by atoms with van der Waals surface area (Å²) < 4.78 is 0.873. The van der Waals surface area contributed by atoms with E-state index < -0.39 is 11.2 Å². The Kier molecular flexibility index (Phi) is 3.91. The maximum atomic E-state index is 10.5. The van der Waals surface area contributed by atoms with Gasteiger partial charge in [0.15, 0.2) is 0 Å². The summed E-state index contributed by atoms with van der Waals surface area (Å²) in [6.07, 6.45) is 3.07. The van der Waals surface area contributed by atoms with Gasteiger partial charge in [-0.3, -0.25) is 4.79 Å². The second kappa shape index (κ2) is 4.75. The van der Waals surface area contributed by atoms with Gasteiger partial charge in [-0.25, -0.2) is 9.97 Å². The maximum absolute atomic E-state index is 10.5. The minimum absolute atomic E-state index is 0.483. The van der Waals surface area contributed by atoms with Crippen molar-refractivity contribution in [3.63, 3.8) is 0 Å². The Morgan fingerprint density at radius 3 is 3.00 bits per heavy atom. The van der Waals surface area contributed by atoms with Gasteiger partial charge in [-0.2, -0.15) is 0 Å². The monoisotopic (exact) mass is 310 g/mol. The fourth-order valence-electron chi connectivity index (χ4n) is 0.606. The second-order valence-electron chi connectivity index (χ2n) is 2.27. The molecule has 1 heterocycles. The van der Waals surface area contributed by atoms with Crippen LogP contribution in [0.25, 0.3) is 0 Å².